The molecule has 0 unspecified atom stereocenters. The lowest BCUT2D eigenvalue weighted by molar-refractivity contribution is 0.391. The molecule has 0 spiro atoms. The Labute approximate surface area is 126 Å². The Kier molecular flexibility index (Phi) is 5.72. The minimum atomic E-state index is 0.577. The van der Waals surface area contributed by atoms with Gasteiger partial charge < -0.3 is 20.1 Å². The molecular formula is C16H25N3O2. The second-order valence-electron chi connectivity index (χ2n) is 5.20. The van der Waals surface area contributed by atoms with Gasteiger partial charge in [0.1, 0.15) is 11.5 Å². The lowest BCUT2D eigenvalue weighted by atomic mass is 10.2. The van der Waals surface area contributed by atoms with Crippen LogP contribution < -0.4 is 20.1 Å². The zero-order chi connectivity index (χ0) is 15.1. The topological polar surface area (TPSA) is 54.9 Å². The van der Waals surface area contributed by atoms with Crippen LogP contribution >= 0.6 is 0 Å². The molecule has 0 atom stereocenters. The van der Waals surface area contributed by atoms with Crippen LogP contribution in [-0.2, 0) is 6.54 Å². The third-order valence-electron chi connectivity index (χ3n) is 3.50. The molecule has 1 fully saturated rings. The number of aliphatic imine (C=N–C) groups is 1. The van der Waals surface area contributed by atoms with Gasteiger partial charge in [0.05, 0.1) is 20.8 Å². The number of nitrogens with zero attached hydrogens (tertiary/aromatic N) is 1. The summed E-state index contributed by atoms with van der Waals surface area (Å²) in [5.41, 5.74) is 1.04. The third kappa shape index (κ3) is 4.85. The second kappa shape index (κ2) is 7.76. The SMILES string of the molecule is CCNC(=NCc1ccc(OC)cc1OC)NCC1CC1. The van der Waals surface area contributed by atoms with Crippen LogP contribution in [0.5, 0.6) is 11.5 Å². The fourth-order valence-corrected chi connectivity index (χ4v) is 2.05. The van der Waals surface area contributed by atoms with Gasteiger partial charge in [-0.15, -0.1) is 0 Å². The van der Waals surface area contributed by atoms with Crippen molar-refractivity contribution < 1.29 is 9.47 Å². The molecule has 0 radical (unpaired) electrons. The van der Waals surface area contributed by atoms with Crippen molar-refractivity contribution in [1.29, 1.82) is 0 Å². The van der Waals surface area contributed by atoms with Gasteiger partial charge in [-0.05, 0) is 37.8 Å². The quantitative estimate of drug-likeness (QED) is 0.597. The molecule has 0 aliphatic heterocycles. The molecule has 0 saturated heterocycles. The Morgan fingerprint density at radius 2 is 2.05 bits per heavy atom. The summed E-state index contributed by atoms with van der Waals surface area (Å²) >= 11 is 0. The summed E-state index contributed by atoms with van der Waals surface area (Å²) in [4.78, 5) is 4.62. The van der Waals surface area contributed by atoms with Gasteiger partial charge in [-0.1, -0.05) is 0 Å². The number of hydrogen-bond acceptors (Lipinski definition) is 3. The van der Waals surface area contributed by atoms with E-state index in [9.17, 15) is 0 Å². The van der Waals surface area contributed by atoms with Crippen LogP contribution in [0.25, 0.3) is 0 Å². The minimum absolute atomic E-state index is 0.577. The van der Waals surface area contributed by atoms with Gasteiger partial charge in [-0.3, -0.25) is 0 Å². The van der Waals surface area contributed by atoms with Crippen molar-refractivity contribution in [3.8, 4) is 11.5 Å². The maximum absolute atomic E-state index is 5.40. The molecular weight excluding hydrogens is 266 g/mol. The number of nitrogens with one attached hydrogen (secondary N) is 2. The van der Waals surface area contributed by atoms with E-state index in [2.05, 4.69) is 22.5 Å². The number of methoxy groups -OCH3 is 2. The van der Waals surface area contributed by atoms with E-state index in [1.54, 1.807) is 14.2 Å². The average molecular weight is 291 g/mol. The number of rotatable bonds is 7. The molecule has 2 N–H and O–H groups in total. The van der Waals surface area contributed by atoms with Crippen molar-refractivity contribution in [3.05, 3.63) is 23.8 Å². The smallest absolute Gasteiger partial charge is 0.191 e. The van der Waals surface area contributed by atoms with Gasteiger partial charge in [0, 0.05) is 24.7 Å². The van der Waals surface area contributed by atoms with E-state index in [0.717, 1.165) is 42.0 Å². The molecule has 1 saturated carbocycles. The monoisotopic (exact) mass is 291 g/mol. The van der Waals surface area contributed by atoms with Crippen molar-refractivity contribution in [1.82, 2.24) is 10.6 Å². The molecule has 1 aromatic rings. The van der Waals surface area contributed by atoms with Gasteiger partial charge in [0.25, 0.3) is 0 Å². The Morgan fingerprint density at radius 3 is 2.67 bits per heavy atom. The number of ether oxygens (including phenoxy) is 2. The van der Waals surface area contributed by atoms with Crippen molar-refractivity contribution in [3.63, 3.8) is 0 Å². The molecule has 0 bridgehead atoms. The molecule has 0 aromatic heterocycles. The summed E-state index contributed by atoms with van der Waals surface area (Å²) in [5.74, 6) is 3.28. The summed E-state index contributed by atoms with van der Waals surface area (Å²) < 4.78 is 10.6. The van der Waals surface area contributed by atoms with Crippen LogP contribution in [0.3, 0.4) is 0 Å². The van der Waals surface area contributed by atoms with Crippen molar-refractivity contribution in [2.24, 2.45) is 10.9 Å². The maximum Gasteiger partial charge on any atom is 0.191 e. The molecule has 5 nitrogen and oxygen atoms in total. The maximum atomic E-state index is 5.40. The van der Waals surface area contributed by atoms with Gasteiger partial charge in [-0.25, -0.2) is 4.99 Å². The Hall–Kier alpha value is -1.91. The van der Waals surface area contributed by atoms with E-state index in [1.165, 1.54) is 12.8 Å². The van der Waals surface area contributed by atoms with E-state index in [0.29, 0.717) is 6.54 Å². The molecule has 1 aliphatic rings. The van der Waals surface area contributed by atoms with E-state index in [-0.39, 0.29) is 0 Å². The summed E-state index contributed by atoms with van der Waals surface area (Å²) in [6, 6.07) is 5.80. The molecule has 21 heavy (non-hydrogen) atoms. The van der Waals surface area contributed by atoms with Gasteiger partial charge >= 0.3 is 0 Å². The van der Waals surface area contributed by atoms with Gasteiger partial charge in [0.2, 0.25) is 0 Å². The highest BCUT2D eigenvalue weighted by Gasteiger charge is 2.21. The van der Waals surface area contributed by atoms with E-state index >= 15 is 0 Å². The fraction of sp³-hybridized carbons (Fsp3) is 0.562. The number of hydrogen-bond donors (Lipinski definition) is 2. The predicted octanol–water partition coefficient (Wildman–Crippen LogP) is 2.17. The van der Waals surface area contributed by atoms with Gasteiger partial charge in [-0.2, -0.15) is 0 Å². The third-order valence-corrected chi connectivity index (χ3v) is 3.50. The molecule has 2 rings (SSSR count). The zero-order valence-corrected chi connectivity index (χ0v) is 13.1. The molecule has 1 aliphatic carbocycles. The second-order valence-corrected chi connectivity index (χ2v) is 5.20. The fourth-order valence-electron chi connectivity index (χ4n) is 2.05. The van der Waals surface area contributed by atoms with Crippen LogP contribution in [0.1, 0.15) is 25.3 Å². The Balaban J connectivity index is 2.01. The minimum Gasteiger partial charge on any atom is -0.497 e. The first-order valence-corrected chi connectivity index (χ1v) is 7.50. The summed E-state index contributed by atoms with van der Waals surface area (Å²) in [6.07, 6.45) is 2.66. The molecule has 116 valence electrons. The summed E-state index contributed by atoms with van der Waals surface area (Å²) in [7, 11) is 3.32. The lowest BCUT2D eigenvalue weighted by Crippen LogP contribution is -2.38. The predicted molar refractivity (Wildman–Crippen MR) is 85.1 cm³/mol. The largest absolute Gasteiger partial charge is 0.497 e. The van der Waals surface area contributed by atoms with E-state index < -0.39 is 0 Å². The molecule has 5 heteroatoms. The summed E-state index contributed by atoms with van der Waals surface area (Å²) in [5, 5.41) is 6.66. The first-order valence-electron chi connectivity index (χ1n) is 7.50. The van der Waals surface area contributed by atoms with Gasteiger partial charge in [0.15, 0.2) is 5.96 Å². The van der Waals surface area contributed by atoms with Crippen molar-refractivity contribution >= 4 is 5.96 Å². The van der Waals surface area contributed by atoms with Crippen LogP contribution in [0.4, 0.5) is 0 Å². The zero-order valence-electron chi connectivity index (χ0n) is 13.1. The van der Waals surface area contributed by atoms with Crippen LogP contribution in [0.2, 0.25) is 0 Å². The first kappa shape index (κ1) is 15.5. The normalized spacial score (nSPS) is 14.7. The lowest BCUT2D eigenvalue weighted by Gasteiger charge is -2.12. The standard InChI is InChI=1S/C16H25N3O2/c1-4-17-16(18-10-12-5-6-12)19-11-13-7-8-14(20-2)9-15(13)21-3/h7-9,12H,4-6,10-11H2,1-3H3,(H2,17,18,19). The van der Waals surface area contributed by atoms with Crippen molar-refractivity contribution in [2.75, 3.05) is 27.3 Å². The molecule has 1 aromatic carbocycles. The Bertz CT molecular complexity index is 484. The number of benzene rings is 1. The van der Waals surface area contributed by atoms with Crippen LogP contribution in [-0.4, -0.2) is 33.3 Å². The highest BCUT2D eigenvalue weighted by atomic mass is 16.5. The first-order chi connectivity index (χ1) is 10.3. The van der Waals surface area contributed by atoms with Crippen LogP contribution in [0, 0.1) is 5.92 Å². The number of guanidine groups is 1. The van der Waals surface area contributed by atoms with Crippen molar-refractivity contribution in [2.45, 2.75) is 26.3 Å². The highest BCUT2D eigenvalue weighted by molar-refractivity contribution is 5.79. The van der Waals surface area contributed by atoms with E-state index in [1.807, 2.05) is 18.2 Å². The molecule has 0 amide bonds. The highest BCUT2D eigenvalue weighted by Crippen LogP contribution is 2.27. The van der Waals surface area contributed by atoms with Crippen LogP contribution in [0.15, 0.2) is 23.2 Å². The Morgan fingerprint density at radius 1 is 1.24 bits per heavy atom. The average Bonchev–Trinajstić information content (AvgIpc) is 3.34. The van der Waals surface area contributed by atoms with E-state index in [4.69, 9.17) is 9.47 Å². The molecule has 0 heterocycles. The summed E-state index contributed by atoms with van der Waals surface area (Å²) in [6.45, 7) is 4.51.